The first kappa shape index (κ1) is 21.0. The van der Waals surface area contributed by atoms with Gasteiger partial charge in [-0.1, -0.05) is 6.07 Å². The quantitative estimate of drug-likeness (QED) is 0.638. The molecular formula is C21H22F3N5O2. The molecule has 0 saturated heterocycles. The number of nitrogens with zero attached hydrogens (tertiary/aromatic N) is 3. The Morgan fingerprint density at radius 3 is 2.52 bits per heavy atom. The molecule has 31 heavy (non-hydrogen) atoms. The van der Waals surface area contributed by atoms with E-state index in [4.69, 9.17) is 4.74 Å². The number of carbonyl (C=O) groups excluding carboxylic acids is 1. The average molecular weight is 433 g/mol. The lowest BCUT2D eigenvalue weighted by molar-refractivity contribution is -0.140. The maximum atomic E-state index is 13.0. The summed E-state index contributed by atoms with van der Waals surface area (Å²) in [6, 6.07) is 8.39. The fourth-order valence-electron chi connectivity index (χ4n) is 3.76. The van der Waals surface area contributed by atoms with E-state index in [1.165, 1.54) is 17.7 Å². The van der Waals surface area contributed by atoms with E-state index < -0.39 is 11.9 Å². The first-order valence-corrected chi connectivity index (χ1v) is 9.96. The fourth-order valence-corrected chi connectivity index (χ4v) is 3.76. The van der Waals surface area contributed by atoms with Gasteiger partial charge in [0.2, 0.25) is 5.88 Å². The van der Waals surface area contributed by atoms with Crippen LogP contribution in [0.15, 0.2) is 42.7 Å². The summed E-state index contributed by atoms with van der Waals surface area (Å²) in [5.74, 6) is 0.824. The van der Waals surface area contributed by atoms with Crippen molar-refractivity contribution in [3.63, 3.8) is 0 Å². The lowest BCUT2D eigenvalue weighted by atomic mass is 9.91. The number of imidazole rings is 1. The lowest BCUT2D eigenvalue weighted by Crippen LogP contribution is -2.40. The normalized spacial score (nSPS) is 19.2. The van der Waals surface area contributed by atoms with Gasteiger partial charge in [-0.3, -0.25) is 9.20 Å². The van der Waals surface area contributed by atoms with E-state index in [9.17, 15) is 18.0 Å². The minimum atomic E-state index is -4.49. The molecule has 2 N–H and O–H groups in total. The highest BCUT2D eigenvalue weighted by Crippen LogP contribution is 2.30. The van der Waals surface area contributed by atoms with E-state index in [-0.39, 0.29) is 23.6 Å². The zero-order valence-electron chi connectivity index (χ0n) is 16.8. The molecule has 164 valence electrons. The standard InChI is InChI=1S/C21H22F3N5O2/c1-31-19-10-5-13(11-25-19)20(30)27-15-8-6-14(7-9-15)26-17-3-2-4-18-28-16(12-29(17)18)21(22,23)24/h2-5,10-12,14-15,26H,6-9H2,1H3,(H,27,30). The van der Waals surface area contributed by atoms with Crippen LogP contribution in [0, 0.1) is 0 Å². The van der Waals surface area contributed by atoms with Crippen molar-refractivity contribution in [1.29, 1.82) is 0 Å². The summed E-state index contributed by atoms with van der Waals surface area (Å²) < 4.78 is 45.4. The third-order valence-corrected chi connectivity index (χ3v) is 5.40. The fraction of sp³-hybridized carbons (Fsp3) is 0.381. The van der Waals surface area contributed by atoms with Crippen molar-refractivity contribution < 1.29 is 22.7 Å². The van der Waals surface area contributed by atoms with Gasteiger partial charge in [0.1, 0.15) is 11.5 Å². The first-order chi connectivity index (χ1) is 14.8. The number of aromatic nitrogens is 3. The van der Waals surface area contributed by atoms with Gasteiger partial charge in [-0.05, 0) is 43.9 Å². The second kappa shape index (κ2) is 8.44. The van der Waals surface area contributed by atoms with E-state index in [2.05, 4.69) is 20.6 Å². The SMILES string of the molecule is COc1ccc(C(=O)NC2CCC(Nc3cccc4nc(C(F)(F)F)cn34)CC2)cn1. The Morgan fingerprint density at radius 1 is 1.13 bits per heavy atom. The number of carbonyl (C=O) groups is 1. The lowest BCUT2D eigenvalue weighted by Gasteiger charge is -2.30. The summed E-state index contributed by atoms with van der Waals surface area (Å²) in [6.07, 6.45) is 1.08. The molecule has 1 aliphatic rings. The molecule has 1 fully saturated rings. The van der Waals surface area contributed by atoms with Gasteiger partial charge in [-0.15, -0.1) is 0 Å². The first-order valence-electron chi connectivity index (χ1n) is 9.96. The van der Waals surface area contributed by atoms with E-state index in [0.29, 0.717) is 17.3 Å². The van der Waals surface area contributed by atoms with Gasteiger partial charge in [-0.25, -0.2) is 9.97 Å². The Labute approximate surface area is 176 Å². The molecule has 0 radical (unpaired) electrons. The molecule has 3 heterocycles. The number of alkyl halides is 3. The number of methoxy groups -OCH3 is 1. The maximum Gasteiger partial charge on any atom is 0.434 e. The molecule has 1 aliphatic carbocycles. The molecule has 7 nitrogen and oxygen atoms in total. The van der Waals surface area contributed by atoms with E-state index in [1.54, 1.807) is 30.3 Å². The number of rotatable bonds is 5. The van der Waals surface area contributed by atoms with Crippen LogP contribution in [0.4, 0.5) is 19.0 Å². The van der Waals surface area contributed by atoms with Gasteiger partial charge < -0.3 is 15.4 Å². The third-order valence-electron chi connectivity index (χ3n) is 5.40. The van der Waals surface area contributed by atoms with Gasteiger partial charge in [0.05, 0.1) is 12.7 Å². The summed E-state index contributed by atoms with van der Waals surface area (Å²) in [4.78, 5) is 20.1. The average Bonchev–Trinajstić information content (AvgIpc) is 3.21. The van der Waals surface area contributed by atoms with Crippen molar-refractivity contribution in [1.82, 2.24) is 19.7 Å². The zero-order valence-corrected chi connectivity index (χ0v) is 16.8. The summed E-state index contributed by atoms with van der Waals surface area (Å²) in [6.45, 7) is 0. The van der Waals surface area contributed by atoms with Crippen LogP contribution >= 0.6 is 0 Å². The van der Waals surface area contributed by atoms with Crippen molar-refractivity contribution in [2.45, 2.75) is 43.9 Å². The molecule has 1 amide bonds. The van der Waals surface area contributed by atoms with Crippen molar-refractivity contribution >= 4 is 17.4 Å². The van der Waals surface area contributed by atoms with Crippen molar-refractivity contribution in [3.05, 3.63) is 54.0 Å². The molecule has 0 unspecified atom stereocenters. The monoisotopic (exact) mass is 433 g/mol. The van der Waals surface area contributed by atoms with Crippen LogP contribution in [0.3, 0.4) is 0 Å². The van der Waals surface area contributed by atoms with Crippen LogP contribution in [0.25, 0.3) is 5.65 Å². The predicted molar refractivity (Wildman–Crippen MR) is 108 cm³/mol. The zero-order chi connectivity index (χ0) is 22.0. The number of fused-ring (bicyclic) bond motifs is 1. The number of halogens is 3. The predicted octanol–water partition coefficient (Wildman–Crippen LogP) is 3.91. The Bertz CT molecular complexity index is 1060. The highest BCUT2D eigenvalue weighted by molar-refractivity contribution is 5.94. The topological polar surface area (TPSA) is 80.5 Å². The molecule has 1 saturated carbocycles. The highest BCUT2D eigenvalue weighted by Gasteiger charge is 2.34. The Hall–Kier alpha value is -3.30. The van der Waals surface area contributed by atoms with Gasteiger partial charge in [0, 0.05) is 30.5 Å². The minimum absolute atomic E-state index is 0.0357. The molecule has 0 aliphatic heterocycles. The summed E-state index contributed by atoms with van der Waals surface area (Å²) in [7, 11) is 1.51. The van der Waals surface area contributed by atoms with Crippen LogP contribution in [-0.4, -0.2) is 39.5 Å². The molecular weight excluding hydrogens is 411 g/mol. The van der Waals surface area contributed by atoms with Crippen LogP contribution in [0.2, 0.25) is 0 Å². The summed E-state index contributed by atoms with van der Waals surface area (Å²) >= 11 is 0. The Balaban J connectivity index is 1.35. The molecule has 3 aromatic heterocycles. The Kier molecular flexibility index (Phi) is 5.71. The highest BCUT2D eigenvalue weighted by atomic mass is 19.4. The number of hydrogen-bond acceptors (Lipinski definition) is 5. The number of anilines is 1. The van der Waals surface area contributed by atoms with Gasteiger partial charge in [0.25, 0.3) is 5.91 Å². The number of hydrogen-bond donors (Lipinski definition) is 2. The number of amides is 1. The summed E-state index contributed by atoms with van der Waals surface area (Å²) in [5, 5.41) is 6.34. The van der Waals surface area contributed by atoms with E-state index >= 15 is 0 Å². The molecule has 0 aromatic carbocycles. The second-order valence-corrected chi connectivity index (χ2v) is 7.52. The molecule has 0 spiro atoms. The Morgan fingerprint density at radius 2 is 1.87 bits per heavy atom. The second-order valence-electron chi connectivity index (χ2n) is 7.52. The van der Waals surface area contributed by atoms with Gasteiger partial charge in [-0.2, -0.15) is 13.2 Å². The van der Waals surface area contributed by atoms with Gasteiger partial charge in [0.15, 0.2) is 5.69 Å². The maximum absolute atomic E-state index is 13.0. The molecule has 0 bridgehead atoms. The molecule has 10 heteroatoms. The summed E-state index contributed by atoms with van der Waals surface area (Å²) in [5.41, 5.74) is -0.208. The minimum Gasteiger partial charge on any atom is -0.481 e. The van der Waals surface area contributed by atoms with E-state index in [0.717, 1.165) is 31.9 Å². The van der Waals surface area contributed by atoms with Crippen LogP contribution in [0.1, 0.15) is 41.7 Å². The van der Waals surface area contributed by atoms with Gasteiger partial charge >= 0.3 is 6.18 Å². The van der Waals surface area contributed by atoms with Crippen LogP contribution in [-0.2, 0) is 6.18 Å². The smallest absolute Gasteiger partial charge is 0.434 e. The van der Waals surface area contributed by atoms with Crippen LogP contribution < -0.4 is 15.4 Å². The number of ether oxygens (including phenoxy) is 1. The number of pyridine rings is 2. The largest absolute Gasteiger partial charge is 0.481 e. The molecule has 4 rings (SSSR count). The molecule has 0 atom stereocenters. The van der Waals surface area contributed by atoms with Crippen molar-refractivity contribution in [2.75, 3.05) is 12.4 Å². The van der Waals surface area contributed by atoms with Crippen LogP contribution in [0.5, 0.6) is 5.88 Å². The third kappa shape index (κ3) is 4.73. The molecule has 3 aromatic rings. The number of nitrogens with one attached hydrogen (secondary N) is 2. The van der Waals surface area contributed by atoms with E-state index in [1.807, 2.05) is 0 Å². The van der Waals surface area contributed by atoms with Crippen molar-refractivity contribution in [2.24, 2.45) is 0 Å². The van der Waals surface area contributed by atoms with Crippen molar-refractivity contribution in [3.8, 4) is 5.88 Å².